The Morgan fingerprint density at radius 1 is 0.667 bits per heavy atom. The molecule has 0 saturated carbocycles. The molecule has 0 unspecified atom stereocenters. The third-order valence-corrected chi connectivity index (χ3v) is 4.84. The summed E-state index contributed by atoms with van der Waals surface area (Å²) < 4.78 is 0. The second kappa shape index (κ2) is 25.4. The largest absolute Gasteiger partial charge is 0.370 e. The molecule has 0 saturated heterocycles. The predicted octanol–water partition coefficient (Wildman–Crippen LogP) is 5.63. The lowest BCUT2D eigenvalue weighted by atomic mass is 10.0. The monoisotopic (exact) mass is 385 g/mol. The summed E-state index contributed by atoms with van der Waals surface area (Å²) in [5.41, 5.74) is 10.4. The van der Waals surface area contributed by atoms with Crippen LogP contribution in [-0.4, -0.2) is 38.0 Å². The number of amides is 1. The van der Waals surface area contributed by atoms with E-state index in [4.69, 9.17) is 11.5 Å². The SMILES string of the molecule is CCCCCCCCCCCCCCCCCC(N)=O.CN(C)CCCN. The van der Waals surface area contributed by atoms with Gasteiger partial charge in [-0.15, -0.1) is 0 Å². The topological polar surface area (TPSA) is 72.4 Å². The van der Waals surface area contributed by atoms with Gasteiger partial charge in [-0.2, -0.15) is 0 Å². The van der Waals surface area contributed by atoms with E-state index in [2.05, 4.69) is 25.9 Å². The second-order valence-electron chi connectivity index (χ2n) is 8.11. The van der Waals surface area contributed by atoms with Gasteiger partial charge in [0.2, 0.25) is 5.91 Å². The lowest BCUT2D eigenvalue weighted by Crippen LogP contribution is -2.16. The molecule has 0 atom stereocenters. The number of primary amides is 1. The van der Waals surface area contributed by atoms with Crippen molar-refractivity contribution >= 4 is 5.91 Å². The van der Waals surface area contributed by atoms with Crippen LogP contribution >= 0.6 is 0 Å². The van der Waals surface area contributed by atoms with E-state index >= 15 is 0 Å². The highest BCUT2D eigenvalue weighted by Crippen LogP contribution is 2.13. The summed E-state index contributed by atoms with van der Waals surface area (Å²) in [5, 5.41) is 0. The van der Waals surface area contributed by atoms with Crippen molar-refractivity contribution in [3.05, 3.63) is 0 Å². The Morgan fingerprint density at radius 2 is 1.04 bits per heavy atom. The van der Waals surface area contributed by atoms with Gasteiger partial charge in [-0.1, -0.05) is 96.8 Å². The fraction of sp³-hybridized carbons (Fsp3) is 0.957. The van der Waals surface area contributed by atoms with Gasteiger partial charge in [-0.05, 0) is 40.0 Å². The number of hydrogen-bond donors (Lipinski definition) is 2. The first kappa shape index (κ1) is 28.6. The molecule has 0 radical (unpaired) electrons. The summed E-state index contributed by atoms with van der Waals surface area (Å²) in [6.45, 7) is 4.19. The van der Waals surface area contributed by atoms with Gasteiger partial charge in [-0.3, -0.25) is 4.79 Å². The Morgan fingerprint density at radius 3 is 1.30 bits per heavy atom. The van der Waals surface area contributed by atoms with E-state index in [0.717, 1.165) is 25.9 Å². The third kappa shape index (κ3) is 33.4. The molecular formula is C23H51N3O. The maximum Gasteiger partial charge on any atom is 0.217 e. The second-order valence-corrected chi connectivity index (χ2v) is 8.11. The fourth-order valence-corrected chi connectivity index (χ4v) is 3.08. The molecule has 0 aromatic rings. The molecule has 4 nitrogen and oxygen atoms in total. The molecule has 0 aromatic heterocycles. The average molecular weight is 386 g/mol. The fourth-order valence-electron chi connectivity index (χ4n) is 3.08. The van der Waals surface area contributed by atoms with E-state index in [1.54, 1.807) is 0 Å². The van der Waals surface area contributed by atoms with Crippen molar-refractivity contribution in [2.75, 3.05) is 27.2 Å². The molecule has 27 heavy (non-hydrogen) atoms. The van der Waals surface area contributed by atoms with Crippen LogP contribution < -0.4 is 11.5 Å². The molecule has 4 N–H and O–H groups in total. The Kier molecular flexibility index (Phi) is 26.9. The highest BCUT2D eigenvalue weighted by atomic mass is 16.1. The van der Waals surface area contributed by atoms with Crippen LogP contribution in [0.15, 0.2) is 0 Å². The van der Waals surface area contributed by atoms with Crippen LogP contribution in [0.25, 0.3) is 0 Å². The molecule has 0 aliphatic rings. The van der Waals surface area contributed by atoms with Crippen molar-refractivity contribution in [1.29, 1.82) is 0 Å². The first-order valence-corrected chi connectivity index (χ1v) is 11.7. The van der Waals surface area contributed by atoms with Crippen LogP contribution in [0.5, 0.6) is 0 Å². The summed E-state index contributed by atoms with van der Waals surface area (Å²) in [4.78, 5) is 12.7. The van der Waals surface area contributed by atoms with Crippen molar-refractivity contribution in [2.24, 2.45) is 11.5 Å². The van der Waals surface area contributed by atoms with Crippen molar-refractivity contribution < 1.29 is 4.79 Å². The Hall–Kier alpha value is -0.610. The quantitative estimate of drug-likeness (QED) is 0.283. The molecule has 0 aliphatic heterocycles. The summed E-state index contributed by atoms with van der Waals surface area (Å²) >= 11 is 0. The molecule has 0 heterocycles. The van der Waals surface area contributed by atoms with Gasteiger partial charge in [0.05, 0.1) is 0 Å². The van der Waals surface area contributed by atoms with E-state index in [1.807, 2.05) is 0 Å². The minimum Gasteiger partial charge on any atom is -0.370 e. The number of rotatable bonds is 19. The molecule has 0 rings (SSSR count). The van der Waals surface area contributed by atoms with E-state index in [0.29, 0.717) is 6.42 Å². The molecule has 4 heteroatoms. The van der Waals surface area contributed by atoms with Gasteiger partial charge in [0.1, 0.15) is 0 Å². The lowest BCUT2D eigenvalue weighted by Gasteiger charge is -2.05. The van der Waals surface area contributed by atoms with Crippen LogP contribution in [0.2, 0.25) is 0 Å². The minimum atomic E-state index is -0.153. The maximum absolute atomic E-state index is 10.6. The number of carbonyl (C=O) groups is 1. The minimum absolute atomic E-state index is 0.153. The highest BCUT2D eigenvalue weighted by Gasteiger charge is 1.96. The van der Waals surface area contributed by atoms with Gasteiger partial charge in [0, 0.05) is 6.42 Å². The molecule has 0 bridgehead atoms. The van der Waals surface area contributed by atoms with Gasteiger partial charge in [-0.25, -0.2) is 0 Å². The molecule has 0 fully saturated rings. The maximum atomic E-state index is 10.6. The summed E-state index contributed by atoms with van der Waals surface area (Å²) in [5.74, 6) is -0.153. The van der Waals surface area contributed by atoms with E-state index < -0.39 is 0 Å². The third-order valence-electron chi connectivity index (χ3n) is 4.84. The van der Waals surface area contributed by atoms with Crippen molar-refractivity contribution in [1.82, 2.24) is 4.90 Å². The van der Waals surface area contributed by atoms with E-state index in [1.165, 1.54) is 89.9 Å². The zero-order chi connectivity index (χ0) is 20.6. The smallest absolute Gasteiger partial charge is 0.217 e. The molecular weight excluding hydrogens is 334 g/mol. The zero-order valence-corrected chi connectivity index (χ0v) is 18.9. The molecule has 0 aromatic carbocycles. The molecule has 0 aliphatic carbocycles. The van der Waals surface area contributed by atoms with Crippen LogP contribution in [0.1, 0.15) is 116 Å². The van der Waals surface area contributed by atoms with E-state index in [9.17, 15) is 4.79 Å². The number of nitrogens with two attached hydrogens (primary N) is 2. The van der Waals surface area contributed by atoms with Crippen LogP contribution in [0.3, 0.4) is 0 Å². The Balaban J connectivity index is 0. The van der Waals surface area contributed by atoms with Crippen LogP contribution in [-0.2, 0) is 4.79 Å². The Bertz CT molecular complexity index is 283. The summed E-state index contributed by atoms with van der Waals surface area (Å²) in [6, 6.07) is 0. The number of hydrogen-bond acceptors (Lipinski definition) is 3. The summed E-state index contributed by atoms with van der Waals surface area (Å²) in [6.07, 6.45) is 22.0. The average Bonchev–Trinajstić information content (AvgIpc) is 2.63. The van der Waals surface area contributed by atoms with Gasteiger partial charge in [0.25, 0.3) is 0 Å². The van der Waals surface area contributed by atoms with Crippen molar-refractivity contribution in [3.8, 4) is 0 Å². The Labute approximate surface area is 170 Å². The normalized spacial score (nSPS) is 10.7. The first-order valence-electron chi connectivity index (χ1n) is 11.7. The molecule has 164 valence electrons. The number of nitrogens with zero attached hydrogens (tertiary/aromatic N) is 1. The standard InChI is InChI=1S/C18H37NO.C5H14N2/c1-2-3-4-5-6-7-8-9-10-11-12-13-14-15-16-17-18(19)20;1-7(2)5-3-4-6/h2-17H2,1H3,(H2,19,20);3-6H2,1-2H3. The van der Waals surface area contributed by atoms with Gasteiger partial charge < -0.3 is 16.4 Å². The first-order chi connectivity index (χ1) is 13.0. The van der Waals surface area contributed by atoms with E-state index in [-0.39, 0.29) is 5.91 Å². The zero-order valence-electron chi connectivity index (χ0n) is 18.9. The number of carbonyl (C=O) groups excluding carboxylic acids is 1. The van der Waals surface area contributed by atoms with Crippen LogP contribution in [0, 0.1) is 0 Å². The predicted molar refractivity (Wildman–Crippen MR) is 121 cm³/mol. The molecule has 0 spiro atoms. The van der Waals surface area contributed by atoms with Gasteiger partial charge >= 0.3 is 0 Å². The highest BCUT2D eigenvalue weighted by molar-refractivity contribution is 5.73. The van der Waals surface area contributed by atoms with Crippen molar-refractivity contribution in [3.63, 3.8) is 0 Å². The van der Waals surface area contributed by atoms with Gasteiger partial charge in [0.15, 0.2) is 0 Å². The number of unbranched alkanes of at least 4 members (excludes halogenated alkanes) is 14. The van der Waals surface area contributed by atoms with Crippen molar-refractivity contribution in [2.45, 2.75) is 116 Å². The lowest BCUT2D eigenvalue weighted by molar-refractivity contribution is -0.118. The summed E-state index contributed by atoms with van der Waals surface area (Å²) in [7, 11) is 4.10. The molecule has 1 amide bonds. The van der Waals surface area contributed by atoms with Crippen LogP contribution in [0.4, 0.5) is 0 Å².